The molecule has 146 valence electrons. The molecule has 0 radical (unpaired) electrons. The van der Waals surface area contributed by atoms with Crippen LogP contribution < -0.4 is 10.2 Å². The van der Waals surface area contributed by atoms with Gasteiger partial charge in [0.25, 0.3) is 10.0 Å². The molecule has 0 saturated carbocycles. The Morgan fingerprint density at radius 2 is 1.79 bits per heavy atom. The first-order valence-corrected chi connectivity index (χ1v) is 11.2. The van der Waals surface area contributed by atoms with E-state index in [9.17, 15) is 8.42 Å². The van der Waals surface area contributed by atoms with E-state index in [4.69, 9.17) is 0 Å². The molecule has 0 amide bonds. The maximum atomic E-state index is 12.6. The molecule has 3 aromatic rings. The number of anilines is 3. The predicted molar refractivity (Wildman–Crippen MR) is 110 cm³/mol. The SMILES string of the molecule is Cc1ccc(Nc2ccc(N3CCN(S(=O)(=O)c4cccs4)CC3)nn2)nc1. The van der Waals surface area contributed by atoms with Crippen molar-refractivity contribution in [2.75, 3.05) is 36.4 Å². The van der Waals surface area contributed by atoms with Crippen molar-refractivity contribution in [3.05, 3.63) is 53.5 Å². The predicted octanol–water partition coefficient (Wildman–Crippen LogP) is 2.50. The number of hydrogen-bond acceptors (Lipinski definition) is 8. The van der Waals surface area contributed by atoms with Crippen LogP contribution in [-0.2, 0) is 10.0 Å². The number of pyridine rings is 1. The molecule has 0 spiro atoms. The Morgan fingerprint density at radius 3 is 2.39 bits per heavy atom. The standard InChI is InChI=1S/C18H20N6O2S2/c1-14-4-5-15(19-13-14)20-16-6-7-17(22-21-16)23-8-10-24(11-9-23)28(25,26)18-3-2-12-27-18/h2-7,12-13H,8-11H2,1H3,(H,19,20,21). The van der Waals surface area contributed by atoms with E-state index >= 15 is 0 Å². The minimum atomic E-state index is -3.40. The minimum absolute atomic E-state index is 0.390. The van der Waals surface area contributed by atoms with Crippen LogP contribution in [0.15, 0.2) is 52.2 Å². The van der Waals surface area contributed by atoms with Crippen molar-refractivity contribution in [2.45, 2.75) is 11.1 Å². The van der Waals surface area contributed by atoms with E-state index in [1.54, 1.807) is 23.7 Å². The van der Waals surface area contributed by atoms with Gasteiger partial charge in [-0.05, 0) is 42.1 Å². The van der Waals surface area contributed by atoms with Crippen LogP contribution in [0, 0.1) is 6.92 Å². The lowest BCUT2D eigenvalue weighted by molar-refractivity contribution is 0.384. The Balaban J connectivity index is 1.38. The second-order valence-corrected chi connectivity index (χ2v) is 9.56. The van der Waals surface area contributed by atoms with E-state index in [1.807, 2.05) is 36.1 Å². The summed E-state index contributed by atoms with van der Waals surface area (Å²) in [5.41, 5.74) is 1.09. The molecule has 4 rings (SSSR count). The van der Waals surface area contributed by atoms with Crippen LogP contribution in [-0.4, -0.2) is 54.1 Å². The van der Waals surface area contributed by atoms with Crippen molar-refractivity contribution in [3.8, 4) is 0 Å². The van der Waals surface area contributed by atoms with Gasteiger partial charge in [-0.3, -0.25) is 0 Å². The molecule has 0 bridgehead atoms. The Bertz CT molecular complexity index is 1010. The molecule has 28 heavy (non-hydrogen) atoms. The molecule has 1 saturated heterocycles. The summed E-state index contributed by atoms with van der Waals surface area (Å²) in [6.07, 6.45) is 1.79. The van der Waals surface area contributed by atoms with Gasteiger partial charge in [-0.15, -0.1) is 21.5 Å². The lowest BCUT2D eigenvalue weighted by Gasteiger charge is -2.34. The summed E-state index contributed by atoms with van der Waals surface area (Å²) >= 11 is 1.25. The highest BCUT2D eigenvalue weighted by Crippen LogP contribution is 2.23. The zero-order valence-corrected chi connectivity index (χ0v) is 16.9. The Labute approximate surface area is 167 Å². The molecule has 1 N–H and O–H groups in total. The van der Waals surface area contributed by atoms with Gasteiger partial charge in [-0.25, -0.2) is 13.4 Å². The first-order chi connectivity index (χ1) is 13.5. The van der Waals surface area contributed by atoms with E-state index in [-0.39, 0.29) is 0 Å². The minimum Gasteiger partial charge on any atom is -0.352 e. The zero-order valence-electron chi connectivity index (χ0n) is 15.3. The average molecular weight is 417 g/mol. The third kappa shape index (κ3) is 3.98. The monoisotopic (exact) mass is 416 g/mol. The van der Waals surface area contributed by atoms with Gasteiger partial charge in [-0.2, -0.15) is 4.31 Å². The molecule has 4 heterocycles. The van der Waals surface area contributed by atoms with Crippen molar-refractivity contribution < 1.29 is 8.42 Å². The number of piperazine rings is 1. The summed E-state index contributed by atoms with van der Waals surface area (Å²) in [7, 11) is -3.40. The number of sulfonamides is 1. The fraction of sp³-hybridized carbons (Fsp3) is 0.278. The largest absolute Gasteiger partial charge is 0.352 e. The number of aryl methyl sites for hydroxylation is 1. The molecule has 1 aliphatic heterocycles. The van der Waals surface area contributed by atoms with Gasteiger partial charge in [0.15, 0.2) is 11.6 Å². The van der Waals surface area contributed by atoms with Crippen molar-refractivity contribution in [2.24, 2.45) is 0 Å². The quantitative estimate of drug-likeness (QED) is 0.683. The van der Waals surface area contributed by atoms with Crippen molar-refractivity contribution in [3.63, 3.8) is 0 Å². The van der Waals surface area contributed by atoms with Crippen molar-refractivity contribution >= 4 is 38.8 Å². The Morgan fingerprint density at radius 1 is 1.00 bits per heavy atom. The van der Waals surface area contributed by atoms with Gasteiger partial charge < -0.3 is 10.2 Å². The van der Waals surface area contributed by atoms with E-state index in [1.165, 1.54) is 15.6 Å². The topological polar surface area (TPSA) is 91.3 Å². The number of hydrogen-bond donors (Lipinski definition) is 1. The van der Waals surface area contributed by atoms with E-state index in [0.29, 0.717) is 42.0 Å². The number of thiophene rings is 1. The second-order valence-electron chi connectivity index (χ2n) is 6.45. The molecule has 0 atom stereocenters. The lowest BCUT2D eigenvalue weighted by atomic mass is 10.3. The van der Waals surface area contributed by atoms with Gasteiger partial charge in [0.05, 0.1) is 0 Å². The average Bonchev–Trinajstić information content (AvgIpc) is 3.26. The summed E-state index contributed by atoms with van der Waals surface area (Å²) in [5, 5.41) is 13.4. The molecule has 1 fully saturated rings. The van der Waals surface area contributed by atoms with E-state index < -0.39 is 10.0 Å². The van der Waals surface area contributed by atoms with Gasteiger partial charge in [0, 0.05) is 32.4 Å². The molecule has 0 aliphatic carbocycles. The normalized spacial score (nSPS) is 15.5. The number of rotatable bonds is 5. The van der Waals surface area contributed by atoms with Gasteiger partial charge in [-0.1, -0.05) is 12.1 Å². The molecule has 1 aliphatic rings. The molecule has 0 unspecified atom stereocenters. The van der Waals surface area contributed by atoms with Crippen LogP contribution in [0.4, 0.5) is 17.5 Å². The van der Waals surface area contributed by atoms with Crippen LogP contribution in [0.25, 0.3) is 0 Å². The molecule has 8 nitrogen and oxygen atoms in total. The van der Waals surface area contributed by atoms with Crippen LogP contribution in [0.2, 0.25) is 0 Å². The summed E-state index contributed by atoms with van der Waals surface area (Å²) in [4.78, 5) is 6.33. The van der Waals surface area contributed by atoms with Crippen LogP contribution in [0.3, 0.4) is 0 Å². The number of nitrogens with zero attached hydrogens (tertiary/aromatic N) is 5. The van der Waals surface area contributed by atoms with Crippen molar-refractivity contribution in [1.29, 1.82) is 0 Å². The summed E-state index contributed by atoms with van der Waals surface area (Å²) in [5.74, 6) is 2.05. The van der Waals surface area contributed by atoms with Gasteiger partial charge in [0.2, 0.25) is 0 Å². The molecule has 10 heteroatoms. The van der Waals surface area contributed by atoms with Crippen molar-refractivity contribution in [1.82, 2.24) is 19.5 Å². The maximum Gasteiger partial charge on any atom is 0.252 e. The highest BCUT2D eigenvalue weighted by Gasteiger charge is 2.29. The third-order valence-corrected chi connectivity index (χ3v) is 7.74. The van der Waals surface area contributed by atoms with Gasteiger partial charge >= 0.3 is 0 Å². The fourth-order valence-electron chi connectivity index (χ4n) is 2.93. The van der Waals surface area contributed by atoms with Crippen LogP contribution in [0.1, 0.15) is 5.56 Å². The Kier molecular flexibility index (Phi) is 5.25. The van der Waals surface area contributed by atoms with Crippen LogP contribution >= 0.6 is 11.3 Å². The second kappa shape index (κ2) is 7.82. The van der Waals surface area contributed by atoms with E-state index in [0.717, 1.165) is 11.4 Å². The fourth-order valence-corrected chi connectivity index (χ4v) is 5.50. The summed E-state index contributed by atoms with van der Waals surface area (Å²) < 4.78 is 27.1. The smallest absolute Gasteiger partial charge is 0.252 e. The maximum absolute atomic E-state index is 12.6. The molecule has 3 aromatic heterocycles. The lowest BCUT2D eigenvalue weighted by Crippen LogP contribution is -2.48. The number of aromatic nitrogens is 3. The molecular weight excluding hydrogens is 396 g/mol. The van der Waals surface area contributed by atoms with E-state index in [2.05, 4.69) is 20.5 Å². The third-order valence-electron chi connectivity index (χ3n) is 4.47. The molecule has 0 aromatic carbocycles. The highest BCUT2D eigenvalue weighted by atomic mass is 32.2. The van der Waals surface area contributed by atoms with Crippen LogP contribution in [0.5, 0.6) is 0 Å². The first kappa shape index (κ1) is 18.8. The first-order valence-electron chi connectivity index (χ1n) is 8.84. The number of nitrogens with one attached hydrogen (secondary N) is 1. The summed E-state index contributed by atoms with van der Waals surface area (Å²) in [6.45, 7) is 3.98. The summed E-state index contributed by atoms with van der Waals surface area (Å²) in [6, 6.07) is 11.0. The molecular formula is C18H20N6O2S2. The highest BCUT2D eigenvalue weighted by molar-refractivity contribution is 7.91. The zero-order chi connectivity index (χ0) is 19.6. The van der Waals surface area contributed by atoms with Gasteiger partial charge in [0.1, 0.15) is 10.0 Å². The Hall–Kier alpha value is -2.56.